The van der Waals surface area contributed by atoms with Crippen molar-refractivity contribution in [3.8, 4) is 0 Å². The maximum absolute atomic E-state index is 5.86. The second kappa shape index (κ2) is 3.95. The zero-order valence-corrected chi connectivity index (χ0v) is 9.62. The van der Waals surface area contributed by atoms with Crippen LogP contribution in [0.25, 0.3) is 11.0 Å². The highest BCUT2D eigenvalue weighted by Gasteiger charge is 2.21. The maximum Gasteiger partial charge on any atom is 0.134 e. The molecule has 0 atom stereocenters. The normalized spacial score (nSPS) is 15.8. The number of hydrogen-bond acceptors (Lipinski definition) is 2. The third kappa shape index (κ3) is 1.74. The van der Waals surface area contributed by atoms with E-state index >= 15 is 0 Å². The Kier molecular flexibility index (Phi) is 2.44. The fourth-order valence-corrected chi connectivity index (χ4v) is 2.16. The molecule has 3 rings (SSSR count). The van der Waals surface area contributed by atoms with Gasteiger partial charge in [-0.15, -0.1) is 0 Å². The Balaban J connectivity index is 1.97. The predicted molar refractivity (Wildman–Crippen MR) is 65.5 cm³/mol. The number of furan rings is 1. The Morgan fingerprint density at radius 3 is 2.88 bits per heavy atom. The fourth-order valence-electron chi connectivity index (χ4n) is 2.16. The Hall–Kier alpha value is -1.28. The van der Waals surface area contributed by atoms with Gasteiger partial charge in [-0.1, -0.05) is 25.1 Å². The first-order valence-corrected chi connectivity index (χ1v) is 6.11. The predicted octanol–water partition coefficient (Wildman–Crippen LogP) is 3.25. The number of para-hydroxylation sites is 1. The second-order valence-electron chi connectivity index (χ2n) is 4.51. The van der Waals surface area contributed by atoms with Crippen LogP contribution >= 0.6 is 0 Å². The Morgan fingerprint density at radius 2 is 2.12 bits per heavy atom. The van der Waals surface area contributed by atoms with Gasteiger partial charge in [0.25, 0.3) is 0 Å². The molecule has 1 aliphatic carbocycles. The Bertz CT molecular complexity index is 496. The molecule has 1 aromatic heterocycles. The number of aryl methyl sites for hydroxylation is 1. The molecule has 0 aliphatic heterocycles. The minimum atomic E-state index is 0.748. The molecule has 0 saturated heterocycles. The van der Waals surface area contributed by atoms with Crippen LogP contribution in [0.5, 0.6) is 0 Å². The van der Waals surface area contributed by atoms with Crippen molar-refractivity contribution in [1.82, 2.24) is 5.32 Å². The second-order valence-corrected chi connectivity index (χ2v) is 4.51. The van der Waals surface area contributed by atoms with Crippen LogP contribution in [0.1, 0.15) is 31.1 Å². The summed E-state index contributed by atoms with van der Waals surface area (Å²) < 4.78 is 5.86. The van der Waals surface area contributed by atoms with E-state index in [1.54, 1.807) is 0 Å². The molecule has 1 fully saturated rings. The number of benzene rings is 1. The van der Waals surface area contributed by atoms with Crippen LogP contribution in [0.3, 0.4) is 0 Å². The molecular formula is C14H17NO. The van der Waals surface area contributed by atoms with Crippen molar-refractivity contribution in [2.45, 2.75) is 38.8 Å². The van der Waals surface area contributed by atoms with Crippen LogP contribution < -0.4 is 5.32 Å². The molecule has 0 unspecified atom stereocenters. The van der Waals surface area contributed by atoms with Crippen molar-refractivity contribution in [2.24, 2.45) is 0 Å². The van der Waals surface area contributed by atoms with Gasteiger partial charge in [-0.05, 0) is 18.9 Å². The lowest BCUT2D eigenvalue weighted by Crippen LogP contribution is -2.15. The number of fused-ring (bicyclic) bond motifs is 1. The molecule has 16 heavy (non-hydrogen) atoms. The van der Waals surface area contributed by atoms with Gasteiger partial charge in [0, 0.05) is 30.0 Å². The van der Waals surface area contributed by atoms with Crippen LogP contribution in [0, 0.1) is 0 Å². The molecule has 2 aromatic rings. The van der Waals surface area contributed by atoms with Crippen LogP contribution in [-0.2, 0) is 13.0 Å². The van der Waals surface area contributed by atoms with Gasteiger partial charge in [0.05, 0.1) is 0 Å². The van der Waals surface area contributed by atoms with Gasteiger partial charge in [-0.3, -0.25) is 0 Å². The largest absolute Gasteiger partial charge is 0.461 e. The molecule has 1 aromatic carbocycles. The van der Waals surface area contributed by atoms with Crippen LogP contribution in [-0.4, -0.2) is 6.04 Å². The first-order valence-electron chi connectivity index (χ1n) is 6.11. The smallest absolute Gasteiger partial charge is 0.134 e. The molecule has 2 nitrogen and oxygen atoms in total. The molecule has 2 heteroatoms. The molecule has 1 saturated carbocycles. The van der Waals surface area contributed by atoms with E-state index in [2.05, 4.69) is 30.4 Å². The fraction of sp³-hybridized carbons (Fsp3) is 0.429. The highest BCUT2D eigenvalue weighted by molar-refractivity contribution is 5.82. The maximum atomic E-state index is 5.86. The van der Waals surface area contributed by atoms with Gasteiger partial charge < -0.3 is 9.73 Å². The van der Waals surface area contributed by atoms with Crippen molar-refractivity contribution in [1.29, 1.82) is 0 Å². The van der Waals surface area contributed by atoms with Crippen molar-refractivity contribution in [3.05, 3.63) is 35.6 Å². The quantitative estimate of drug-likeness (QED) is 0.847. The SMILES string of the molecule is CCc1oc2ccccc2c1CNC1CC1. The topological polar surface area (TPSA) is 25.2 Å². The summed E-state index contributed by atoms with van der Waals surface area (Å²) in [7, 11) is 0. The first-order chi connectivity index (χ1) is 7.88. The molecule has 1 N–H and O–H groups in total. The van der Waals surface area contributed by atoms with Gasteiger partial charge in [-0.2, -0.15) is 0 Å². The summed E-state index contributed by atoms with van der Waals surface area (Å²) in [5.74, 6) is 1.13. The monoisotopic (exact) mass is 215 g/mol. The zero-order chi connectivity index (χ0) is 11.0. The molecule has 0 radical (unpaired) electrons. The lowest BCUT2D eigenvalue weighted by molar-refractivity contribution is 0.544. The number of rotatable bonds is 4. The number of nitrogens with one attached hydrogen (secondary N) is 1. The summed E-state index contributed by atoms with van der Waals surface area (Å²) >= 11 is 0. The average molecular weight is 215 g/mol. The van der Waals surface area contributed by atoms with Gasteiger partial charge in [0.2, 0.25) is 0 Å². The van der Waals surface area contributed by atoms with Crippen molar-refractivity contribution < 1.29 is 4.42 Å². The van der Waals surface area contributed by atoms with Gasteiger partial charge in [0.15, 0.2) is 0 Å². The molecule has 1 aliphatic rings. The van der Waals surface area contributed by atoms with E-state index in [0.717, 1.165) is 30.4 Å². The minimum absolute atomic E-state index is 0.748. The summed E-state index contributed by atoms with van der Waals surface area (Å²) in [6, 6.07) is 9.07. The van der Waals surface area contributed by atoms with Gasteiger partial charge in [0.1, 0.15) is 11.3 Å². The van der Waals surface area contributed by atoms with Gasteiger partial charge in [-0.25, -0.2) is 0 Å². The Morgan fingerprint density at radius 1 is 1.31 bits per heavy atom. The molecule has 1 heterocycles. The van der Waals surface area contributed by atoms with Crippen LogP contribution in [0.2, 0.25) is 0 Å². The first kappa shape index (κ1) is 9.91. The van der Waals surface area contributed by atoms with E-state index in [4.69, 9.17) is 4.42 Å². The van der Waals surface area contributed by atoms with E-state index in [-0.39, 0.29) is 0 Å². The van der Waals surface area contributed by atoms with Crippen molar-refractivity contribution >= 4 is 11.0 Å². The lowest BCUT2D eigenvalue weighted by Gasteiger charge is -2.02. The zero-order valence-electron chi connectivity index (χ0n) is 9.62. The van der Waals surface area contributed by atoms with E-state index in [1.165, 1.54) is 23.8 Å². The average Bonchev–Trinajstić information content (AvgIpc) is 3.07. The van der Waals surface area contributed by atoms with E-state index < -0.39 is 0 Å². The Labute approximate surface area is 95.6 Å². The highest BCUT2D eigenvalue weighted by atomic mass is 16.3. The summed E-state index contributed by atoms with van der Waals surface area (Å²) in [4.78, 5) is 0. The highest BCUT2D eigenvalue weighted by Crippen LogP contribution is 2.27. The molecule has 0 spiro atoms. The van der Waals surface area contributed by atoms with E-state index in [1.807, 2.05) is 6.07 Å². The lowest BCUT2D eigenvalue weighted by atomic mass is 10.1. The van der Waals surface area contributed by atoms with E-state index in [0.29, 0.717) is 0 Å². The molecule has 0 amide bonds. The van der Waals surface area contributed by atoms with Crippen LogP contribution in [0.4, 0.5) is 0 Å². The summed E-state index contributed by atoms with van der Waals surface area (Å²) in [5.41, 5.74) is 2.37. The van der Waals surface area contributed by atoms with Crippen molar-refractivity contribution in [2.75, 3.05) is 0 Å². The summed E-state index contributed by atoms with van der Waals surface area (Å²) in [5, 5.41) is 4.84. The third-order valence-electron chi connectivity index (χ3n) is 3.25. The molecule has 84 valence electrons. The van der Waals surface area contributed by atoms with Gasteiger partial charge >= 0.3 is 0 Å². The van der Waals surface area contributed by atoms with Crippen LogP contribution in [0.15, 0.2) is 28.7 Å². The molecular weight excluding hydrogens is 198 g/mol. The standard InChI is InChI=1S/C14H17NO/c1-2-13-12(9-15-10-7-8-10)11-5-3-4-6-14(11)16-13/h3-6,10,15H,2,7-9H2,1H3. The molecule has 0 bridgehead atoms. The third-order valence-corrected chi connectivity index (χ3v) is 3.25. The van der Waals surface area contributed by atoms with Crippen molar-refractivity contribution in [3.63, 3.8) is 0 Å². The van der Waals surface area contributed by atoms with E-state index in [9.17, 15) is 0 Å². The minimum Gasteiger partial charge on any atom is -0.461 e. The number of hydrogen-bond donors (Lipinski definition) is 1. The summed E-state index contributed by atoms with van der Waals surface area (Å²) in [6.07, 6.45) is 3.63. The summed E-state index contributed by atoms with van der Waals surface area (Å²) in [6.45, 7) is 3.10.